The lowest BCUT2D eigenvalue weighted by Crippen LogP contribution is -2.18. The number of benzene rings is 2. The van der Waals surface area contributed by atoms with Crippen LogP contribution in [-0.2, 0) is 11.3 Å². The number of aromatic nitrogens is 1. The Morgan fingerprint density at radius 3 is 2.36 bits per heavy atom. The van der Waals surface area contributed by atoms with Crippen molar-refractivity contribution in [2.24, 2.45) is 4.99 Å². The van der Waals surface area contributed by atoms with Gasteiger partial charge in [-0.15, -0.1) is 11.3 Å². The molecular weight excluding hydrogens is 332 g/mol. The summed E-state index contributed by atoms with van der Waals surface area (Å²) in [5.74, 6) is 0.831. The molecule has 0 N–H and O–H groups in total. The third-order valence-electron chi connectivity index (χ3n) is 3.96. The van der Waals surface area contributed by atoms with E-state index >= 15 is 0 Å². The topological polar surface area (TPSA) is 35.8 Å². The molecular formula is C20H22N2O2S. The van der Waals surface area contributed by atoms with Gasteiger partial charge in [0.15, 0.2) is 4.80 Å². The van der Waals surface area contributed by atoms with Crippen molar-refractivity contribution in [3.8, 4) is 17.0 Å². The van der Waals surface area contributed by atoms with Crippen LogP contribution >= 0.6 is 11.3 Å². The molecule has 0 fully saturated rings. The van der Waals surface area contributed by atoms with Gasteiger partial charge in [-0.1, -0.05) is 29.8 Å². The van der Waals surface area contributed by atoms with E-state index in [9.17, 15) is 0 Å². The SMILES string of the molecule is COCCn1c(-c2ccc(C)cc2)csc1=Nc1ccc(OC)cc1. The Kier molecular flexibility index (Phi) is 5.68. The van der Waals surface area contributed by atoms with Crippen LogP contribution in [0.15, 0.2) is 58.9 Å². The van der Waals surface area contributed by atoms with Crippen molar-refractivity contribution >= 4 is 17.0 Å². The fourth-order valence-corrected chi connectivity index (χ4v) is 3.49. The predicted octanol–water partition coefficient (Wildman–Crippen LogP) is 4.41. The molecule has 0 saturated heterocycles. The molecule has 0 bridgehead atoms. The van der Waals surface area contributed by atoms with Gasteiger partial charge < -0.3 is 14.0 Å². The number of rotatable bonds is 6. The summed E-state index contributed by atoms with van der Waals surface area (Å²) in [6.45, 7) is 3.50. The van der Waals surface area contributed by atoms with Crippen molar-refractivity contribution < 1.29 is 9.47 Å². The second-order valence-electron chi connectivity index (χ2n) is 5.72. The maximum absolute atomic E-state index is 5.29. The van der Waals surface area contributed by atoms with Crippen LogP contribution in [0.4, 0.5) is 5.69 Å². The van der Waals surface area contributed by atoms with Crippen LogP contribution in [0.5, 0.6) is 5.75 Å². The maximum atomic E-state index is 5.29. The van der Waals surface area contributed by atoms with Gasteiger partial charge in [-0.25, -0.2) is 4.99 Å². The minimum absolute atomic E-state index is 0.644. The van der Waals surface area contributed by atoms with Crippen molar-refractivity contribution in [3.05, 3.63) is 64.3 Å². The minimum Gasteiger partial charge on any atom is -0.497 e. The lowest BCUT2D eigenvalue weighted by molar-refractivity contribution is 0.187. The molecule has 5 heteroatoms. The Morgan fingerprint density at radius 1 is 1.00 bits per heavy atom. The number of hydrogen-bond donors (Lipinski definition) is 0. The Balaban J connectivity index is 2.03. The van der Waals surface area contributed by atoms with E-state index in [-0.39, 0.29) is 0 Å². The molecule has 3 aromatic rings. The summed E-state index contributed by atoms with van der Waals surface area (Å²) in [4.78, 5) is 5.76. The van der Waals surface area contributed by atoms with E-state index in [0.717, 1.165) is 28.5 Å². The summed E-state index contributed by atoms with van der Waals surface area (Å²) in [5.41, 5.74) is 4.51. The average molecular weight is 354 g/mol. The lowest BCUT2D eigenvalue weighted by Gasteiger charge is -2.09. The van der Waals surface area contributed by atoms with Crippen LogP contribution in [-0.4, -0.2) is 25.4 Å². The molecule has 0 unspecified atom stereocenters. The molecule has 0 aliphatic heterocycles. The van der Waals surface area contributed by atoms with Crippen molar-refractivity contribution in [3.63, 3.8) is 0 Å². The van der Waals surface area contributed by atoms with Gasteiger partial charge in [0, 0.05) is 19.0 Å². The Morgan fingerprint density at radius 2 is 1.72 bits per heavy atom. The number of ether oxygens (including phenoxy) is 2. The van der Waals surface area contributed by atoms with Gasteiger partial charge >= 0.3 is 0 Å². The molecule has 3 rings (SSSR count). The third-order valence-corrected chi connectivity index (χ3v) is 4.82. The zero-order valence-corrected chi connectivity index (χ0v) is 15.5. The van der Waals surface area contributed by atoms with E-state index in [1.54, 1.807) is 25.6 Å². The fourth-order valence-electron chi connectivity index (χ4n) is 2.54. The highest BCUT2D eigenvalue weighted by atomic mass is 32.1. The van der Waals surface area contributed by atoms with Gasteiger partial charge in [0.05, 0.1) is 25.1 Å². The molecule has 1 aromatic heterocycles. The van der Waals surface area contributed by atoms with Gasteiger partial charge in [0.1, 0.15) is 5.75 Å². The van der Waals surface area contributed by atoms with Crippen molar-refractivity contribution in [2.45, 2.75) is 13.5 Å². The first kappa shape index (κ1) is 17.5. The number of nitrogens with zero attached hydrogens (tertiary/aromatic N) is 2. The number of methoxy groups -OCH3 is 2. The van der Waals surface area contributed by atoms with Crippen molar-refractivity contribution in [1.29, 1.82) is 0 Å². The van der Waals surface area contributed by atoms with E-state index in [0.29, 0.717) is 6.61 Å². The number of hydrogen-bond acceptors (Lipinski definition) is 4. The third kappa shape index (κ3) is 4.18. The highest BCUT2D eigenvalue weighted by Gasteiger charge is 2.08. The van der Waals surface area contributed by atoms with E-state index in [4.69, 9.17) is 14.5 Å². The molecule has 4 nitrogen and oxygen atoms in total. The standard InChI is InChI=1S/C20H22N2O2S/c1-15-4-6-16(7-5-15)19-14-25-20(22(19)12-13-23-2)21-17-8-10-18(24-3)11-9-17/h4-11,14H,12-13H2,1-3H3. The largest absolute Gasteiger partial charge is 0.497 e. The van der Waals surface area contributed by atoms with Gasteiger partial charge in [-0.05, 0) is 36.8 Å². The second-order valence-corrected chi connectivity index (χ2v) is 6.56. The molecule has 0 atom stereocenters. The van der Waals surface area contributed by atoms with Gasteiger partial charge in [0.2, 0.25) is 0 Å². The smallest absolute Gasteiger partial charge is 0.190 e. The first-order valence-corrected chi connectivity index (χ1v) is 9.02. The summed E-state index contributed by atoms with van der Waals surface area (Å²) >= 11 is 1.64. The number of thiazole rings is 1. The summed E-state index contributed by atoms with van der Waals surface area (Å²) in [5, 5.41) is 2.16. The lowest BCUT2D eigenvalue weighted by atomic mass is 10.1. The normalized spacial score (nSPS) is 11.7. The molecule has 130 valence electrons. The highest BCUT2D eigenvalue weighted by molar-refractivity contribution is 7.07. The van der Waals surface area contributed by atoms with Crippen LogP contribution in [0.25, 0.3) is 11.3 Å². The predicted molar refractivity (Wildman–Crippen MR) is 103 cm³/mol. The first-order chi connectivity index (χ1) is 12.2. The molecule has 2 aromatic carbocycles. The van der Waals surface area contributed by atoms with E-state index in [2.05, 4.69) is 41.1 Å². The summed E-state index contributed by atoms with van der Waals surface area (Å²) < 4.78 is 12.7. The number of aryl methyl sites for hydroxylation is 1. The molecule has 0 radical (unpaired) electrons. The van der Waals surface area contributed by atoms with Crippen LogP contribution in [0.1, 0.15) is 5.56 Å². The Hall–Kier alpha value is -2.37. The second kappa shape index (κ2) is 8.14. The van der Waals surface area contributed by atoms with Gasteiger partial charge in [0.25, 0.3) is 0 Å². The Labute approximate surface area is 152 Å². The molecule has 0 aliphatic carbocycles. The van der Waals surface area contributed by atoms with Gasteiger partial charge in [-0.3, -0.25) is 0 Å². The molecule has 0 saturated carbocycles. The molecule has 0 spiro atoms. The average Bonchev–Trinajstić information content (AvgIpc) is 3.03. The minimum atomic E-state index is 0.644. The quantitative estimate of drug-likeness (QED) is 0.657. The first-order valence-electron chi connectivity index (χ1n) is 8.14. The van der Waals surface area contributed by atoms with Crippen LogP contribution in [0.3, 0.4) is 0 Å². The molecule has 0 aliphatic rings. The maximum Gasteiger partial charge on any atom is 0.190 e. The summed E-state index contributed by atoms with van der Waals surface area (Å²) in [6, 6.07) is 16.3. The molecule has 25 heavy (non-hydrogen) atoms. The zero-order chi connectivity index (χ0) is 17.6. The van der Waals surface area contributed by atoms with Crippen LogP contribution in [0, 0.1) is 6.92 Å². The van der Waals surface area contributed by atoms with Gasteiger partial charge in [-0.2, -0.15) is 0 Å². The Bertz CT molecular complexity index is 877. The van der Waals surface area contributed by atoms with Crippen molar-refractivity contribution in [1.82, 2.24) is 4.57 Å². The van der Waals surface area contributed by atoms with Crippen molar-refractivity contribution in [2.75, 3.05) is 20.8 Å². The molecule has 0 amide bonds. The van der Waals surface area contributed by atoms with E-state index in [1.165, 1.54) is 11.1 Å². The zero-order valence-electron chi connectivity index (χ0n) is 14.7. The highest BCUT2D eigenvalue weighted by Crippen LogP contribution is 2.22. The monoisotopic (exact) mass is 354 g/mol. The summed E-state index contributed by atoms with van der Waals surface area (Å²) in [7, 11) is 3.39. The van der Waals surface area contributed by atoms with Crippen LogP contribution < -0.4 is 9.54 Å². The van der Waals surface area contributed by atoms with E-state index < -0.39 is 0 Å². The summed E-state index contributed by atoms with van der Waals surface area (Å²) in [6.07, 6.45) is 0. The van der Waals surface area contributed by atoms with Crippen LogP contribution in [0.2, 0.25) is 0 Å². The van der Waals surface area contributed by atoms with E-state index in [1.807, 2.05) is 24.3 Å². The molecule has 1 heterocycles. The fraction of sp³-hybridized carbons (Fsp3) is 0.250.